The van der Waals surface area contributed by atoms with Crippen molar-refractivity contribution in [3.05, 3.63) is 39.9 Å². The normalized spacial score (nSPS) is 19.3. The van der Waals surface area contributed by atoms with Crippen LogP contribution in [0.25, 0.3) is 0 Å². The van der Waals surface area contributed by atoms with Crippen LogP contribution in [0.4, 0.5) is 5.69 Å². The Labute approximate surface area is 150 Å². The molecule has 1 atom stereocenters. The molecule has 1 aromatic rings. The van der Waals surface area contributed by atoms with Crippen LogP contribution in [0.3, 0.4) is 0 Å². The standard InChI is InChI=1S/C17H17ClN2O3S/c1-2-23-16(22)12-5-9(8-3-4-8)10-6-13(18)14(20-17(19)24)7-11(10)15(12)21/h5-9H,2-4H2,1H3,(H3,19,20,24). The zero-order valence-corrected chi connectivity index (χ0v) is 14.7. The number of anilines is 1. The quantitative estimate of drug-likeness (QED) is 0.485. The highest BCUT2D eigenvalue weighted by Crippen LogP contribution is 2.48. The fourth-order valence-corrected chi connectivity index (χ4v) is 3.32. The molecule has 2 aliphatic carbocycles. The number of ether oxygens (including phenoxy) is 1. The van der Waals surface area contributed by atoms with Crippen molar-refractivity contribution in [1.82, 2.24) is 0 Å². The number of thiocarbonyl (C=S) groups is 1. The van der Waals surface area contributed by atoms with E-state index in [1.165, 1.54) is 0 Å². The molecule has 1 saturated carbocycles. The molecule has 0 heterocycles. The van der Waals surface area contributed by atoms with E-state index in [1.807, 2.05) is 0 Å². The van der Waals surface area contributed by atoms with Crippen molar-refractivity contribution in [2.24, 2.45) is 11.7 Å². The second-order valence-corrected chi connectivity index (χ2v) is 6.75. The zero-order valence-electron chi connectivity index (χ0n) is 13.1. The number of benzene rings is 1. The van der Waals surface area contributed by atoms with Crippen LogP contribution in [0.15, 0.2) is 23.8 Å². The molecule has 1 aromatic carbocycles. The van der Waals surface area contributed by atoms with Crippen molar-refractivity contribution in [3.8, 4) is 0 Å². The predicted octanol–water partition coefficient (Wildman–Crippen LogP) is 3.17. The van der Waals surface area contributed by atoms with E-state index < -0.39 is 5.97 Å². The lowest BCUT2D eigenvalue weighted by Crippen LogP contribution is -2.25. The Hall–Kier alpha value is -1.92. The molecular formula is C17H17ClN2O3S. The van der Waals surface area contributed by atoms with E-state index in [4.69, 9.17) is 34.3 Å². The van der Waals surface area contributed by atoms with Crippen molar-refractivity contribution < 1.29 is 14.3 Å². The molecule has 0 aliphatic heterocycles. The minimum Gasteiger partial charge on any atom is -0.462 e. The van der Waals surface area contributed by atoms with Crippen molar-refractivity contribution in [2.45, 2.75) is 25.7 Å². The van der Waals surface area contributed by atoms with Gasteiger partial charge in [-0.3, -0.25) is 4.79 Å². The number of halogens is 1. The zero-order chi connectivity index (χ0) is 17.4. The van der Waals surface area contributed by atoms with Crippen LogP contribution in [-0.2, 0) is 9.53 Å². The molecule has 3 rings (SSSR count). The van der Waals surface area contributed by atoms with Crippen molar-refractivity contribution in [1.29, 1.82) is 0 Å². The molecule has 2 aliphatic rings. The number of allylic oxidation sites excluding steroid dienone is 1. The lowest BCUT2D eigenvalue weighted by molar-refractivity contribution is -0.138. The van der Waals surface area contributed by atoms with E-state index in [0.717, 1.165) is 18.4 Å². The Morgan fingerprint density at radius 2 is 2.17 bits per heavy atom. The van der Waals surface area contributed by atoms with Crippen LogP contribution in [0.2, 0.25) is 5.02 Å². The first kappa shape index (κ1) is 16.9. The summed E-state index contributed by atoms with van der Waals surface area (Å²) in [7, 11) is 0. The summed E-state index contributed by atoms with van der Waals surface area (Å²) < 4.78 is 5.02. The molecule has 7 heteroatoms. The summed E-state index contributed by atoms with van der Waals surface area (Å²) in [5, 5.41) is 3.26. The summed E-state index contributed by atoms with van der Waals surface area (Å²) in [5.74, 6) is -0.527. The van der Waals surface area contributed by atoms with Gasteiger partial charge in [-0.25, -0.2) is 4.79 Å². The van der Waals surface area contributed by atoms with Crippen molar-refractivity contribution >= 4 is 46.4 Å². The summed E-state index contributed by atoms with van der Waals surface area (Å²) in [4.78, 5) is 24.9. The molecule has 0 spiro atoms. The molecule has 5 nitrogen and oxygen atoms in total. The summed E-state index contributed by atoms with van der Waals surface area (Å²) in [6.45, 7) is 1.93. The maximum atomic E-state index is 12.8. The minimum atomic E-state index is -0.586. The SMILES string of the molecule is CCOC(=O)C1=CC(C2CC2)c2cc(Cl)c(NC(N)=S)cc2C1=O. The first-order valence-electron chi connectivity index (χ1n) is 7.76. The number of ketones is 1. The van der Waals surface area contributed by atoms with Gasteiger partial charge in [-0.1, -0.05) is 17.7 Å². The molecule has 0 saturated heterocycles. The third-order valence-corrected chi connectivity index (χ3v) is 4.63. The van der Waals surface area contributed by atoms with Gasteiger partial charge < -0.3 is 15.8 Å². The molecule has 0 aromatic heterocycles. The maximum Gasteiger partial charge on any atom is 0.341 e. The van der Waals surface area contributed by atoms with Crippen LogP contribution in [0.5, 0.6) is 0 Å². The van der Waals surface area contributed by atoms with Gasteiger partial charge in [0.2, 0.25) is 0 Å². The van der Waals surface area contributed by atoms with Gasteiger partial charge in [-0.15, -0.1) is 0 Å². The highest BCUT2D eigenvalue weighted by atomic mass is 35.5. The van der Waals surface area contributed by atoms with Crippen LogP contribution in [0.1, 0.15) is 41.6 Å². The largest absolute Gasteiger partial charge is 0.462 e. The molecule has 24 heavy (non-hydrogen) atoms. The topological polar surface area (TPSA) is 81.4 Å². The molecule has 0 bridgehead atoms. The number of fused-ring (bicyclic) bond motifs is 1. The fraction of sp³-hybridized carbons (Fsp3) is 0.353. The highest BCUT2D eigenvalue weighted by molar-refractivity contribution is 7.80. The van der Waals surface area contributed by atoms with Crippen LogP contribution in [-0.4, -0.2) is 23.5 Å². The van der Waals surface area contributed by atoms with Crippen molar-refractivity contribution in [3.63, 3.8) is 0 Å². The summed E-state index contributed by atoms with van der Waals surface area (Å²) in [5.41, 5.74) is 7.33. The van der Waals surface area contributed by atoms with Gasteiger partial charge in [-0.05, 0) is 55.6 Å². The maximum absolute atomic E-state index is 12.8. The molecule has 0 amide bonds. The Morgan fingerprint density at radius 1 is 1.46 bits per heavy atom. The van der Waals surface area contributed by atoms with Gasteiger partial charge in [0.15, 0.2) is 10.9 Å². The first-order valence-corrected chi connectivity index (χ1v) is 8.54. The van der Waals surface area contributed by atoms with Gasteiger partial charge in [0.05, 0.1) is 17.3 Å². The van der Waals surface area contributed by atoms with E-state index >= 15 is 0 Å². The highest BCUT2D eigenvalue weighted by Gasteiger charge is 2.39. The minimum absolute atomic E-state index is 0.00603. The van der Waals surface area contributed by atoms with Crippen LogP contribution < -0.4 is 11.1 Å². The van der Waals surface area contributed by atoms with Gasteiger partial charge in [0.1, 0.15) is 5.57 Å². The van der Waals surface area contributed by atoms with Gasteiger partial charge in [-0.2, -0.15) is 0 Å². The number of nitrogens with two attached hydrogens (primary N) is 1. The van der Waals surface area contributed by atoms with Gasteiger partial charge >= 0.3 is 5.97 Å². The summed E-state index contributed by atoms with van der Waals surface area (Å²) >= 11 is 11.1. The Morgan fingerprint density at radius 3 is 2.75 bits per heavy atom. The Bertz CT molecular complexity index is 771. The second kappa shape index (κ2) is 6.53. The van der Waals surface area contributed by atoms with Crippen LogP contribution in [0, 0.1) is 5.92 Å². The first-order chi connectivity index (χ1) is 11.4. The van der Waals surface area contributed by atoms with Crippen molar-refractivity contribution in [2.75, 3.05) is 11.9 Å². The molecular weight excluding hydrogens is 348 g/mol. The van der Waals surface area contributed by atoms with Crippen LogP contribution >= 0.6 is 23.8 Å². The second-order valence-electron chi connectivity index (χ2n) is 5.90. The Balaban J connectivity index is 2.07. The van der Waals surface area contributed by atoms with Gasteiger partial charge in [0, 0.05) is 11.5 Å². The number of carbonyl (C=O) groups excluding carboxylic acids is 2. The lowest BCUT2D eigenvalue weighted by atomic mass is 9.80. The summed E-state index contributed by atoms with van der Waals surface area (Å²) in [6, 6.07) is 3.37. The number of hydrogen-bond acceptors (Lipinski definition) is 4. The molecule has 0 radical (unpaired) electrons. The average Bonchev–Trinajstić information content (AvgIpc) is 3.33. The third-order valence-electron chi connectivity index (χ3n) is 4.22. The number of rotatable bonds is 4. The van der Waals surface area contributed by atoms with E-state index in [-0.39, 0.29) is 29.0 Å². The fourth-order valence-electron chi connectivity index (χ4n) is 2.99. The molecule has 1 unspecified atom stereocenters. The van der Waals surface area contributed by atoms with E-state index in [9.17, 15) is 9.59 Å². The van der Waals surface area contributed by atoms with E-state index in [0.29, 0.717) is 22.2 Å². The van der Waals surface area contributed by atoms with Gasteiger partial charge in [0.25, 0.3) is 0 Å². The average molecular weight is 365 g/mol. The number of carbonyl (C=O) groups is 2. The smallest absolute Gasteiger partial charge is 0.341 e. The molecule has 3 N–H and O–H groups in total. The molecule has 126 valence electrons. The number of nitrogens with one attached hydrogen (secondary N) is 1. The monoisotopic (exact) mass is 364 g/mol. The Kier molecular flexibility index (Phi) is 4.60. The predicted molar refractivity (Wildman–Crippen MR) is 96.4 cm³/mol. The number of hydrogen-bond donors (Lipinski definition) is 2. The summed E-state index contributed by atoms with van der Waals surface area (Å²) in [6.07, 6.45) is 3.86. The van der Waals surface area contributed by atoms with E-state index in [1.54, 1.807) is 25.1 Å². The number of Topliss-reactive ketones (excluding diaryl/α,β-unsaturated/α-hetero) is 1. The van der Waals surface area contributed by atoms with E-state index in [2.05, 4.69) is 5.32 Å². The third kappa shape index (κ3) is 3.16. The molecule has 1 fully saturated rings. The number of esters is 1. The lowest BCUT2D eigenvalue weighted by Gasteiger charge is -2.24.